The summed E-state index contributed by atoms with van der Waals surface area (Å²) in [6.45, 7) is 2.00. The number of hydrogen-bond acceptors (Lipinski definition) is 3. The zero-order valence-corrected chi connectivity index (χ0v) is 8.89. The second kappa shape index (κ2) is 3.08. The van der Waals surface area contributed by atoms with Crippen LogP contribution in [0.5, 0.6) is 0 Å². The summed E-state index contributed by atoms with van der Waals surface area (Å²) in [6.07, 6.45) is 5.11. The predicted octanol–water partition coefficient (Wildman–Crippen LogP) is 0.529. The van der Waals surface area contributed by atoms with Crippen molar-refractivity contribution in [3.05, 3.63) is 18.2 Å². The molecule has 1 aliphatic carbocycles. The molecular formula is C11H12N4O. The van der Waals surface area contributed by atoms with Gasteiger partial charge in [-0.3, -0.25) is 4.79 Å². The van der Waals surface area contributed by atoms with Gasteiger partial charge in [0.1, 0.15) is 11.2 Å². The number of hydrogen-bond donors (Lipinski definition) is 0. The quantitative estimate of drug-likeness (QED) is 0.688. The van der Waals surface area contributed by atoms with Crippen LogP contribution in [0.2, 0.25) is 0 Å². The minimum absolute atomic E-state index is 0.00995. The molecule has 0 spiro atoms. The van der Waals surface area contributed by atoms with Crippen molar-refractivity contribution >= 4 is 5.91 Å². The molecule has 0 bridgehead atoms. The topological polar surface area (TPSA) is 61.9 Å². The van der Waals surface area contributed by atoms with Crippen molar-refractivity contribution < 1.29 is 4.79 Å². The zero-order valence-electron chi connectivity index (χ0n) is 8.89. The largest absolute Gasteiger partial charge is 0.332 e. The van der Waals surface area contributed by atoms with Crippen LogP contribution >= 0.6 is 0 Å². The number of nitrogens with zero attached hydrogens (tertiary/aromatic N) is 4. The van der Waals surface area contributed by atoms with E-state index in [9.17, 15) is 4.79 Å². The number of carbonyl (C=O) groups excluding carboxylic acids is 1. The highest BCUT2D eigenvalue weighted by Gasteiger charge is 2.52. The normalized spacial score (nSPS) is 21.1. The Kier molecular flexibility index (Phi) is 1.81. The Balaban J connectivity index is 1.80. The van der Waals surface area contributed by atoms with Crippen LogP contribution in [0.15, 0.2) is 12.4 Å². The van der Waals surface area contributed by atoms with Gasteiger partial charge in [-0.15, -0.1) is 0 Å². The molecule has 1 aromatic rings. The molecule has 1 aromatic heterocycles. The molecule has 1 fully saturated rings. The summed E-state index contributed by atoms with van der Waals surface area (Å²) in [5.41, 5.74) is -0.700. The third-order valence-electron chi connectivity index (χ3n) is 3.41. The monoisotopic (exact) mass is 216 g/mol. The molecule has 5 heteroatoms. The van der Waals surface area contributed by atoms with E-state index in [-0.39, 0.29) is 5.91 Å². The van der Waals surface area contributed by atoms with E-state index in [0.717, 1.165) is 12.4 Å². The second-order valence-corrected chi connectivity index (χ2v) is 4.46. The van der Waals surface area contributed by atoms with Gasteiger partial charge in [0.15, 0.2) is 0 Å². The van der Waals surface area contributed by atoms with Gasteiger partial charge in [-0.1, -0.05) is 0 Å². The van der Waals surface area contributed by atoms with E-state index in [1.54, 1.807) is 11.1 Å². The maximum atomic E-state index is 12.1. The van der Waals surface area contributed by atoms with Crippen molar-refractivity contribution in [2.75, 3.05) is 6.54 Å². The van der Waals surface area contributed by atoms with Gasteiger partial charge < -0.3 is 9.47 Å². The molecule has 0 aromatic carbocycles. The van der Waals surface area contributed by atoms with Gasteiger partial charge in [0, 0.05) is 25.5 Å². The number of carbonyl (C=O) groups is 1. The molecular weight excluding hydrogens is 204 g/mol. The lowest BCUT2D eigenvalue weighted by atomic mass is 10.1. The fraction of sp³-hybridized carbons (Fsp3) is 0.545. The Hall–Kier alpha value is -1.83. The Labute approximate surface area is 93.3 Å². The lowest BCUT2D eigenvalue weighted by molar-refractivity contribution is -0.136. The van der Waals surface area contributed by atoms with Gasteiger partial charge in [0.2, 0.25) is 5.91 Å². The Morgan fingerprint density at radius 1 is 1.50 bits per heavy atom. The van der Waals surface area contributed by atoms with Crippen LogP contribution < -0.4 is 0 Å². The van der Waals surface area contributed by atoms with Gasteiger partial charge in [-0.2, -0.15) is 5.26 Å². The number of aromatic nitrogens is 2. The highest BCUT2D eigenvalue weighted by atomic mass is 16.2. The summed E-state index contributed by atoms with van der Waals surface area (Å²) in [6, 6.07) is 2.15. The summed E-state index contributed by atoms with van der Waals surface area (Å²) in [5.74, 6) is 0.901. The Bertz CT molecular complexity index is 480. The van der Waals surface area contributed by atoms with Crippen LogP contribution in [-0.4, -0.2) is 26.9 Å². The number of amides is 1. The Morgan fingerprint density at radius 3 is 3.00 bits per heavy atom. The van der Waals surface area contributed by atoms with Crippen molar-refractivity contribution in [3.8, 4) is 6.07 Å². The first-order valence-corrected chi connectivity index (χ1v) is 5.46. The van der Waals surface area contributed by atoms with Crippen LogP contribution in [0.1, 0.15) is 18.7 Å². The van der Waals surface area contributed by atoms with Crippen LogP contribution in [-0.2, 0) is 17.9 Å². The van der Waals surface area contributed by atoms with E-state index < -0.39 is 5.41 Å². The molecule has 5 nitrogen and oxygen atoms in total. The molecule has 1 aliphatic heterocycles. The van der Waals surface area contributed by atoms with Gasteiger partial charge in [0.05, 0.1) is 12.6 Å². The predicted molar refractivity (Wildman–Crippen MR) is 54.9 cm³/mol. The van der Waals surface area contributed by atoms with Gasteiger partial charge >= 0.3 is 0 Å². The molecule has 0 N–H and O–H groups in total. The van der Waals surface area contributed by atoms with E-state index in [2.05, 4.69) is 15.6 Å². The lowest BCUT2D eigenvalue weighted by Gasteiger charge is -2.29. The molecule has 1 amide bonds. The number of nitriles is 1. The van der Waals surface area contributed by atoms with Crippen molar-refractivity contribution in [3.63, 3.8) is 0 Å². The molecule has 2 heterocycles. The number of rotatable bonds is 1. The highest BCUT2D eigenvalue weighted by molar-refractivity contribution is 5.88. The number of imidazole rings is 1. The second-order valence-electron chi connectivity index (χ2n) is 4.46. The average Bonchev–Trinajstić information content (AvgIpc) is 2.98. The van der Waals surface area contributed by atoms with Crippen LogP contribution in [0.4, 0.5) is 0 Å². The third-order valence-corrected chi connectivity index (χ3v) is 3.41. The van der Waals surface area contributed by atoms with E-state index in [0.29, 0.717) is 25.9 Å². The first-order valence-electron chi connectivity index (χ1n) is 5.46. The molecule has 0 atom stereocenters. The summed E-state index contributed by atoms with van der Waals surface area (Å²) in [7, 11) is 0. The fourth-order valence-electron chi connectivity index (χ4n) is 2.15. The summed E-state index contributed by atoms with van der Waals surface area (Å²) in [4.78, 5) is 18.1. The zero-order chi connectivity index (χ0) is 11.2. The minimum atomic E-state index is -0.700. The maximum Gasteiger partial charge on any atom is 0.243 e. The first-order chi connectivity index (χ1) is 7.75. The fourth-order valence-corrected chi connectivity index (χ4v) is 2.15. The van der Waals surface area contributed by atoms with E-state index >= 15 is 0 Å². The van der Waals surface area contributed by atoms with Crippen molar-refractivity contribution in [2.24, 2.45) is 5.41 Å². The summed E-state index contributed by atoms with van der Waals surface area (Å²) >= 11 is 0. The Morgan fingerprint density at radius 2 is 2.31 bits per heavy atom. The molecule has 3 rings (SSSR count). The van der Waals surface area contributed by atoms with Crippen molar-refractivity contribution in [1.29, 1.82) is 5.26 Å². The van der Waals surface area contributed by atoms with Crippen LogP contribution in [0, 0.1) is 16.7 Å². The van der Waals surface area contributed by atoms with Crippen molar-refractivity contribution in [2.45, 2.75) is 25.9 Å². The first kappa shape index (κ1) is 9.40. The number of fused-ring (bicyclic) bond motifs is 1. The standard InChI is InChI=1S/C11H12N4O/c12-8-11(1-2-11)10(16)15-6-5-14-4-3-13-9(14)7-15/h3-4H,1-2,5-7H2. The molecule has 0 unspecified atom stereocenters. The average molecular weight is 216 g/mol. The van der Waals surface area contributed by atoms with E-state index in [1.807, 2.05) is 6.20 Å². The third kappa shape index (κ3) is 1.23. The van der Waals surface area contributed by atoms with Gasteiger partial charge in [-0.05, 0) is 12.8 Å². The highest BCUT2D eigenvalue weighted by Crippen LogP contribution is 2.46. The lowest BCUT2D eigenvalue weighted by Crippen LogP contribution is -2.42. The van der Waals surface area contributed by atoms with Gasteiger partial charge in [0.25, 0.3) is 0 Å². The molecule has 82 valence electrons. The van der Waals surface area contributed by atoms with E-state index in [1.165, 1.54) is 0 Å². The maximum absolute atomic E-state index is 12.1. The summed E-state index contributed by atoms with van der Waals surface area (Å²) < 4.78 is 2.05. The SMILES string of the molecule is N#CC1(C(=O)N2CCn3ccnc3C2)CC1. The van der Waals surface area contributed by atoms with Gasteiger partial charge in [-0.25, -0.2) is 4.98 Å². The molecule has 16 heavy (non-hydrogen) atoms. The molecule has 0 radical (unpaired) electrons. The van der Waals surface area contributed by atoms with Crippen LogP contribution in [0.3, 0.4) is 0 Å². The molecule has 2 aliphatic rings. The van der Waals surface area contributed by atoms with Crippen LogP contribution in [0.25, 0.3) is 0 Å². The molecule has 1 saturated carbocycles. The summed E-state index contributed by atoms with van der Waals surface area (Å²) in [5, 5.41) is 8.99. The smallest absolute Gasteiger partial charge is 0.243 e. The molecule has 0 saturated heterocycles. The van der Waals surface area contributed by atoms with E-state index in [4.69, 9.17) is 5.26 Å². The minimum Gasteiger partial charge on any atom is -0.332 e. The van der Waals surface area contributed by atoms with Crippen molar-refractivity contribution in [1.82, 2.24) is 14.5 Å².